The summed E-state index contributed by atoms with van der Waals surface area (Å²) in [5.41, 5.74) is -0.289. The summed E-state index contributed by atoms with van der Waals surface area (Å²) in [7, 11) is 2.61. The van der Waals surface area contributed by atoms with Gasteiger partial charge in [-0.1, -0.05) is 12.2 Å². The summed E-state index contributed by atoms with van der Waals surface area (Å²) in [5, 5.41) is 2.70. The number of methoxy groups -OCH3 is 2. The second kappa shape index (κ2) is 4.87. The third kappa shape index (κ3) is 1.99. The number of hydrazine groups is 1. The highest BCUT2D eigenvalue weighted by molar-refractivity contribution is 5.78. The van der Waals surface area contributed by atoms with E-state index >= 15 is 0 Å². The zero-order chi connectivity index (χ0) is 16.2. The van der Waals surface area contributed by atoms with Crippen LogP contribution in [0.25, 0.3) is 0 Å². The largest absolute Gasteiger partial charge is 0.452 e. The van der Waals surface area contributed by atoms with Gasteiger partial charge in [-0.25, -0.2) is 19.6 Å². The van der Waals surface area contributed by atoms with Gasteiger partial charge in [0.2, 0.25) is 0 Å². The zero-order valence-electron chi connectivity index (χ0n) is 13.5. The highest BCUT2D eigenvalue weighted by atomic mass is 16.6. The van der Waals surface area contributed by atoms with Crippen molar-refractivity contribution in [3.05, 3.63) is 12.2 Å². The maximum atomic E-state index is 12.0. The van der Waals surface area contributed by atoms with E-state index in [1.165, 1.54) is 24.2 Å². The van der Waals surface area contributed by atoms with E-state index in [0.717, 1.165) is 0 Å². The summed E-state index contributed by atoms with van der Waals surface area (Å²) in [6.45, 7) is 6.01. The van der Waals surface area contributed by atoms with Crippen LogP contribution < -0.4 is 0 Å². The second-order valence-corrected chi connectivity index (χ2v) is 6.84. The van der Waals surface area contributed by atoms with Crippen LogP contribution in [0.2, 0.25) is 0 Å². The molecule has 22 heavy (non-hydrogen) atoms. The molecule has 2 amide bonds. The van der Waals surface area contributed by atoms with Crippen molar-refractivity contribution in [1.82, 2.24) is 10.0 Å². The molecule has 2 bridgehead atoms. The summed E-state index contributed by atoms with van der Waals surface area (Å²) in [6, 6.07) is -0.234. The average molecular weight is 310 g/mol. The Morgan fingerprint density at radius 1 is 0.909 bits per heavy atom. The van der Waals surface area contributed by atoms with E-state index in [-0.39, 0.29) is 35.6 Å². The molecule has 0 radical (unpaired) electrons. The minimum atomic E-state index is -0.554. The van der Waals surface area contributed by atoms with Gasteiger partial charge in [-0.3, -0.25) is 0 Å². The number of amides is 2. The van der Waals surface area contributed by atoms with Gasteiger partial charge in [0.05, 0.1) is 38.0 Å². The van der Waals surface area contributed by atoms with Gasteiger partial charge >= 0.3 is 12.2 Å². The Balaban J connectivity index is 1.88. The van der Waals surface area contributed by atoms with Gasteiger partial charge in [-0.2, -0.15) is 0 Å². The van der Waals surface area contributed by atoms with Crippen molar-refractivity contribution >= 4 is 12.2 Å². The standard InChI is InChI=1S/C15H22N2O5/c1-15(2,3)22-12-8-6-7-9(12)11-10(8)16(13(18)20-4)17(11)14(19)21-5/h6-12H,1-5H3. The molecule has 1 saturated heterocycles. The van der Waals surface area contributed by atoms with Crippen molar-refractivity contribution in [3.63, 3.8) is 0 Å². The van der Waals surface area contributed by atoms with Crippen LogP contribution in [-0.4, -0.2) is 60.2 Å². The molecule has 0 aromatic rings. The Bertz CT molecular complexity index is 489. The molecule has 3 aliphatic rings. The highest BCUT2D eigenvalue weighted by Crippen LogP contribution is 2.53. The fourth-order valence-electron chi connectivity index (χ4n) is 3.81. The lowest BCUT2D eigenvalue weighted by Gasteiger charge is -2.54. The molecule has 3 rings (SSSR count). The molecular weight excluding hydrogens is 288 g/mol. The Morgan fingerprint density at radius 3 is 1.64 bits per heavy atom. The molecule has 4 atom stereocenters. The van der Waals surface area contributed by atoms with Gasteiger partial charge in [0, 0.05) is 11.8 Å². The molecule has 7 nitrogen and oxygen atoms in total. The molecule has 1 heterocycles. The van der Waals surface area contributed by atoms with Crippen LogP contribution in [0, 0.1) is 11.8 Å². The van der Waals surface area contributed by atoms with Crippen molar-refractivity contribution in [3.8, 4) is 0 Å². The van der Waals surface area contributed by atoms with Gasteiger partial charge in [-0.05, 0) is 20.8 Å². The number of hydrogen-bond donors (Lipinski definition) is 0. The van der Waals surface area contributed by atoms with Crippen LogP contribution in [0.3, 0.4) is 0 Å². The number of carbonyl (C=O) groups is 2. The van der Waals surface area contributed by atoms with E-state index in [1.54, 1.807) is 0 Å². The first-order chi connectivity index (χ1) is 10.3. The lowest BCUT2D eigenvalue weighted by Crippen LogP contribution is -2.75. The predicted molar refractivity (Wildman–Crippen MR) is 76.8 cm³/mol. The van der Waals surface area contributed by atoms with E-state index in [2.05, 4.69) is 12.2 Å². The van der Waals surface area contributed by atoms with Crippen LogP contribution in [0.1, 0.15) is 20.8 Å². The third-order valence-electron chi connectivity index (χ3n) is 4.46. The zero-order valence-corrected chi connectivity index (χ0v) is 13.5. The number of ether oxygens (including phenoxy) is 3. The van der Waals surface area contributed by atoms with Crippen molar-refractivity contribution < 1.29 is 23.8 Å². The number of hydrogen-bond acceptors (Lipinski definition) is 5. The summed E-state index contributed by atoms with van der Waals surface area (Å²) in [4.78, 5) is 24.1. The molecule has 0 N–H and O–H groups in total. The van der Waals surface area contributed by atoms with Gasteiger partial charge < -0.3 is 14.2 Å². The number of fused-ring (bicyclic) bond motifs is 5. The Kier molecular flexibility index (Phi) is 3.36. The van der Waals surface area contributed by atoms with Crippen LogP contribution in [0.5, 0.6) is 0 Å². The highest BCUT2D eigenvalue weighted by Gasteiger charge is 2.68. The maximum absolute atomic E-state index is 12.0. The average Bonchev–Trinajstić information content (AvgIpc) is 2.88. The minimum absolute atomic E-state index is 0.0446. The van der Waals surface area contributed by atoms with Gasteiger partial charge in [0.1, 0.15) is 0 Å². The van der Waals surface area contributed by atoms with Crippen LogP contribution in [0.4, 0.5) is 9.59 Å². The Morgan fingerprint density at radius 2 is 1.32 bits per heavy atom. The Hall–Kier alpha value is -1.76. The lowest BCUT2D eigenvalue weighted by molar-refractivity contribution is -0.163. The minimum Gasteiger partial charge on any atom is -0.452 e. The van der Waals surface area contributed by atoms with E-state index in [9.17, 15) is 9.59 Å². The predicted octanol–water partition coefficient (Wildman–Crippen LogP) is 1.79. The molecular formula is C15H22N2O5. The van der Waals surface area contributed by atoms with E-state index in [1.807, 2.05) is 20.8 Å². The second-order valence-electron chi connectivity index (χ2n) is 6.84. The smallest absolute Gasteiger partial charge is 0.429 e. The fourth-order valence-corrected chi connectivity index (χ4v) is 3.81. The SMILES string of the molecule is COC(=O)N1C2C3C=CC(C3OC(C)(C)C)C2N1C(=O)OC. The molecule has 122 valence electrons. The van der Waals surface area contributed by atoms with E-state index < -0.39 is 12.2 Å². The lowest BCUT2D eigenvalue weighted by atomic mass is 9.90. The van der Waals surface area contributed by atoms with Crippen LogP contribution in [-0.2, 0) is 14.2 Å². The molecule has 1 saturated carbocycles. The Labute approximate surface area is 129 Å². The molecule has 4 unspecified atom stereocenters. The molecule has 7 heteroatoms. The molecule has 0 aromatic heterocycles. The van der Waals surface area contributed by atoms with Crippen molar-refractivity contribution in [2.75, 3.05) is 14.2 Å². The summed E-state index contributed by atoms with van der Waals surface area (Å²) >= 11 is 0. The quantitative estimate of drug-likeness (QED) is 0.691. The van der Waals surface area contributed by atoms with Crippen molar-refractivity contribution in [2.24, 2.45) is 11.8 Å². The van der Waals surface area contributed by atoms with Gasteiger partial charge in [0.25, 0.3) is 0 Å². The van der Waals surface area contributed by atoms with E-state index in [0.29, 0.717) is 0 Å². The van der Waals surface area contributed by atoms with Crippen molar-refractivity contribution in [1.29, 1.82) is 0 Å². The third-order valence-corrected chi connectivity index (χ3v) is 4.46. The topological polar surface area (TPSA) is 68.3 Å². The molecule has 1 aliphatic heterocycles. The fraction of sp³-hybridized carbons (Fsp3) is 0.733. The first-order valence-electron chi connectivity index (χ1n) is 7.40. The first kappa shape index (κ1) is 15.1. The summed E-state index contributed by atoms with van der Waals surface area (Å²) in [6.07, 6.45) is 3.00. The normalized spacial score (nSPS) is 35.2. The number of carbonyl (C=O) groups excluding carboxylic acids is 2. The number of nitrogens with zero attached hydrogens (tertiary/aromatic N) is 2. The van der Waals surface area contributed by atoms with Crippen LogP contribution >= 0.6 is 0 Å². The summed E-state index contributed by atoms with van der Waals surface area (Å²) < 4.78 is 15.8. The maximum Gasteiger partial charge on any atom is 0.429 e. The van der Waals surface area contributed by atoms with E-state index in [4.69, 9.17) is 14.2 Å². The van der Waals surface area contributed by atoms with Crippen LogP contribution in [0.15, 0.2) is 12.2 Å². The monoisotopic (exact) mass is 310 g/mol. The van der Waals surface area contributed by atoms with Crippen molar-refractivity contribution in [2.45, 2.75) is 44.6 Å². The molecule has 0 spiro atoms. The van der Waals surface area contributed by atoms with Gasteiger partial charge in [-0.15, -0.1) is 0 Å². The first-order valence-corrected chi connectivity index (χ1v) is 7.40. The molecule has 0 aromatic carbocycles. The van der Waals surface area contributed by atoms with Gasteiger partial charge in [0.15, 0.2) is 0 Å². The number of rotatable bonds is 1. The molecule has 2 fully saturated rings. The summed E-state index contributed by atoms with van der Waals surface area (Å²) in [5.74, 6) is 0.128. The molecule has 2 aliphatic carbocycles.